The van der Waals surface area contributed by atoms with E-state index in [0.29, 0.717) is 18.0 Å². The number of carbonyl (C=O) groups excluding carboxylic acids is 2. The number of hydrogen-bond donors (Lipinski definition) is 2. The van der Waals surface area contributed by atoms with Crippen LogP contribution in [0.4, 0.5) is 4.39 Å². The fourth-order valence-electron chi connectivity index (χ4n) is 8.03. The summed E-state index contributed by atoms with van der Waals surface area (Å²) in [5.41, 5.74) is 12.9. The van der Waals surface area contributed by atoms with E-state index in [4.69, 9.17) is 10.8 Å². The summed E-state index contributed by atoms with van der Waals surface area (Å²) >= 11 is 0. The number of rotatable bonds is 6. The molecule has 3 aromatic heterocycles. The van der Waals surface area contributed by atoms with Crippen LogP contribution in [0.2, 0.25) is 0 Å². The minimum Gasteiger partial charge on any atom is -0.393 e. The van der Waals surface area contributed by atoms with E-state index in [1.54, 1.807) is 16.8 Å². The lowest BCUT2D eigenvalue weighted by molar-refractivity contribution is -0.141. The van der Waals surface area contributed by atoms with Gasteiger partial charge in [-0.25, -0.2) is 8.91 Å². The quantitative estimate of drug-likeness (QED) is 0.324. The molecule has 46 heavy (non-hydrogen) atoms. The third kappa shape index (κ3) is 5.29. The normalized spacial score (nSPS) is 25.7. The lowest BCUT2D eigenvalue weighted by Crippen LogP contribution is -2.51. The number of aromatic nitrogens is 3. The molecule has 2 amide bonds. The molecule has 4 aliphatic rings. The topological polar surface area (TPSA) is 109 Å². The van der Waals surface area contributed by atoms with Crippen molar-refractivity contribution >= 4 is 28.2 Å². The second-order valence-corrected chi connectivity index (χ2v) is 14.3. The van der Waals surface area contributed by atoms with Gasteiger partial charge in [-0.15, -0.1) is 0 Å². The molecule has 3 N–H and O–H groups in total. The van der Waals surface area contributed by atoms with E-state index in [-0.39, 0.29) is 48.8 Å². The smallest absolute Gasteiger partial charge is 0.255 e. The molecule has 0 spiro atoms. The van der Waals surface area contributed by atoms with Gasteiger partial charge in [-0.1, -0.05) is 18.2 Å². The number of aliphatic hydroxyl groups excluding tert-OH is 1. The van der Waals surface area contributed by atoms with Gasteiger partial charge in [0.25, 0.3) is 5.91 Å². The molecule has 4 fully saturated rings. The van der Waals surface area contributed by atoms with Crippen molar-refractivity contribution < 1.29 is 19.1 Å². The van der Waals surface area contributed by atoms with Crippen LogP contribution in [-0.2, 0) is 11.3 Å². The molecule has 2 aliphatic heterocycles. The number of halogens is 1. The maximum Gasteiger partial charge on any atom is 0.255 e. The number of aryl methyl sites for hydroxylation is 1. The third-order valence-electron chi connectivity index (χ3n) is 10.9. The van der Waals surface area contributed by atoms with Crippen molar-refractivity contribution in [3.63, 3.8) is 0 Å². The Morgan fingerprint density at radius 1 is 1.00 bits per heavy atom. The molecule has 8 rings (SSSR count). The largest absolute Gasteiger partial charge is 0.393 e. The molecule has 0 radical (unpaired) electrons. The van der Waals surface area contributed by atoms with E-state index in [1.807, 2.05) is 11.0 Å². The van der Waals surface area contributed by atoms with E-state index in [1.165, 1.54) is 34.2 Å². The van der Waals surface area contributed by atoms with Crippen molar-refractivity contribution in [1.29, 1.82) is 0 Å². The van der Waals surface area contributed by atoms with Gasteiger partial charge in [0.1, 0.15) is 11.9 Å². The summed E-state index contributed by atoms with van der Waals surface area (Å²) in [7, 11) is 0. The first-order valence-electron chi connectivity index (χ1n) is 17.0. The maximum atomic E-state index is 14.2. The molecular formula is C36H43FN6O3. The lowest BCUT2D eigenvalue weighted by atomic mass is 9.83. The monoisotopic (exact) mass is 626 g/mol. The van der Waals surface area contributed by atoms with Crippen LogP contribution in [-0.4, -0.2) is 85.4 Å². The van der Waals surface area contributed by atoms with Gasteiger partial charge in [0.05, 0.1) is 34.9 Å². The molecule has 0 unspecified atom stereocenters. The molecule has 2 saturated carbocycles. The van der Waals surface area contributed by atoms with E-state index in [0.717, 1.165) is 67.8 Å². The first-order valence-corrected chi connectivity index (χ1v) is 17.0. The Labute approximate surface area is 268 Å². The van der Waals surface area contributed by atoms with Gasteiger partial charge in [0, 0.05) is 61.2 Å². The average molecular weight is 627 g/mol. The van der Waals surface area contributed by atoms with Crippen LogP contribution in [0.5, 0.6) is 0 Å². The standard InChI is InChI=1S/C36H43FN6O3/c1-21-31-12-9-25(36(46)41-19-27(37)14-28(38)20-41)18-43(31)39-33(21)32-13-24-3-2-4-30(34(24)42(32)15-22-5-6-22)26-16-40(17-26)35(45)23-7-10-29(44)11-8-23/h2-4,9,12-13,18,22-23,26-29,44H,5-8,10-11,14-17,19-20,38H2,1H3/t23?,27-,28-,29?/m1/s1. The second-order valence-electron chi connectivity index (χ2n) is 14.3. The third-order valence-corrected chi connectivity index (χ3v) is 10.9. The summed E-state index contributed by atoms with van der Waals surface area (Å²) in [5.74, 6) is 0.981. The molecular weight excluding hydrogens is 583 g/mol. The van der Waals surface area contributed by atoms with Crippen molar-refractivity contribution in [3.8, 4) is 11.4 Å². The van der Waals surface area contributed by atoms with Crippen molar-refractivity contribution in [2.24, 2.45) is 17.6 Å². The Bertz CT molecular complexity index is 1800. The van der Waals surface area contributed by atoms with E-state index in [2.05, 4.69) is 35.8 Å². The number of hydrogen-bond acceptors (Lipinski definition) is 5. The number of carbonyl (C=O) groups is 2. The van der Waals surface area contributed by atoms with Crippen LogP contribution in [0.1, 0.15) is 72.3 Å². The summed E-state index contributed by atoms with van der Waals surface area (Å²) < 4.78 is 18.4. The number of amides is 2. The van der Waals surface area contributed by atoms with Crippen molar-refractivity contribution in [2.75, 3.05) is 26.2 Å². The Morgan fingerprint density at radius 2 is 1.78 bits per heavy atom. The highest BCUT2D eigenvalue weighted by Crippen LogP contribution is 2.41. The number of fused-ring (bicyclic) bond motifs is 2. The summed E-state index contributed by atoms with van der Waals surface area (Å²) in [5, 5.41) is 16.1. The Hall–Kier alpha value is -3.76. The van der Waals surface area contributed by atoms with Crippen LogP contribution in [0.25, 0.3) is 27.8 Å². The number of alkyl halides is 1. The Balaban J connectivity index is 1.11. The summed E-state index contributed by atoms with van der Waals surface area (Å²) in [6.45, 7) is 4.88. The average Bonchev–Trinajstić information content (AvgIpc) is 3.68. The van der Waals surface area contributed by atoms with Gasteiger partial charge in [0.15, 0.2) is 0 Å². The van der Waals surface area contributed by atoms with Crippen molar-refractivity contribution in [3.05, 3.63) is 59.3 Å². The molecule has 5 heterocycles. The Morgan fingerprint density at radius 3 is 2.52 bits per heavy atom. The number of nitrogens with zero attached hydrogens (tertiary/aromatic N) is 5. The molecule has 0 bridgehead atoms. The molecule has 1 aromatic carbocycles. The lowest BCUT2D eigenvalue weighted by Gasteiger charge is -2.42. The highest BCUT2D eigenvalue weighted by molar-refractivity contribution is 5.95. The number of likely N-dealkylation sites (tertiary alicyclic amines) is 2. The molecule has 242 valence electrons. The molecule has 2 aliphatic carbocycles. The van der Waals surface area contributed by atoms with Gasteiger partial charge in [-0.05, 0) is 81.5 Å². The van der Waals surface area contributed by atoms with Crippen LogP contribution in [0, 0.1) is 18.8 Å². The molecule has 2 saturated heterocycles. The number of piperidine rings is 1. The van der Waals surface area contributed by atoms with Gasteiger partial charge in [0.2, 0.25) is 5.91 Å². The minimum absolute atomic E-state index is 0.0392. The zero-order chi connectivity index (χ0) is 31.7. The number of aliphatic hydroxyl groups is 1. The van der Waals surface area contributed by atoms with Gasteiger partial charge in [-0.2, -0.15) is 5.10 Å². The maximum absolute atomic E-state index is 14.2. The number of benzene rings is 1. The minimum atomic E-state index is -1.11. The second kappa shape index (κ2) is 11.5. The molecule has 9 nitrogen and oxygen atoms in total. The van der Waals surface area contributed by atoms with E-state index in [9.17, 15) is 19.1 Å². The first kappa shape index (κ1) is 29.6. The predicted molar refractivity (Wildman–Crippen MR) is 174 cm³/mol. The van der Waals surface area contributed by atoms with E-state index < -0.39 is 6.17 Å². The number of para-hydroxylation sites is 1. The van der Waals surface area contributed by atoms with E-state index >= 15 is 0 Å². The van der Waals surface area contributed by atoms with Gasteiger partial charge in [-0.3, -0.25) is 9.59 Å². The fraction of sp³-hybridized carbons (Fsp3) is 0.528. The molecule has 2 atom stereocenters. The fourth-order valence-corrected chi connectivity index (χ4v) is 8.03. The van der Waals surface area contributed by atoms with Crippen molar-refractivity contribution in [2.45, 2.75) is 82.6 Å². The summed E-state index contributed by atoms with van der Waals surface area (Å²) in [4.78, 5) is 30.1. The summed E-state index contributed by atoms with van der Waals surface area (Å²) in [6.07, 6.45) is 6.11. The van der Waals surface area contributed by atoms with Gasteiger partial charge >= 0.3 is 0 Å². The predicted octanol–water partition coefficient (Wildman–Crippen LogP) is 4.66. The zero-order valence-corrected chi connectivity index (χ0v) is 26.4. The van der Waals surface area contributed by atoms with Crippen LogP contribution >= 0.6 is 0 Å². The highest BCUT2D eigenvalue weighted by atomic mass is 19.1. The molecule has 4 aromatic rings. The van der Waals surface area contributed by atoms with Crippen LogP contribution < -0.4 is 5.73 Å². The van der Waals surface area contributed by atoms with Crippen molar-refractivity contribution in [1.82, 2.24) is 24.0 Å². The van der Waals surface area contributed by atoms with Gasteiger partial charge < -0.3 is 25.2 Å². The Kier molecular flexibility index (Phi) is 7.40. The summed E-state index contributed by atoms with van der Waals surface area (Å²) in [6, 6.07) is 12.1. The first-order chi connectivity index (χ1) is 22.2. The molecule has 10 heteroatoms. The highest BCUT2D eigenvalue weighted by Gasteiger charge is 2.38. The number of nitrogens with two attached hydrogens (primary N) is 1. The van der Waals surface area contributed by atoms with Crippen LogP contribution in [0.15, 0.2) is 42.6 Å². The zero-order valence-electron chi connectivity index (χ0n) is 26.4. The SMILES string of the molecule is Cc1c(-c2cc3cccc(C4CN(C(=O)C5CCC(O)CC5)C4)c3n2CC2CC2)nn2cc(C(=O)N3C[C@H](N)C[C@@H](F)C3)ccc12. The number of pyridine rings is 1. The van der Waals surface area contributed by atoms with Crippen LogP contribution in [0.3, 0.4) is 0 Å².